The van der Waals surface area contributed by atoms with Crippen LogP contribution >= 0.6 is 46.1 Å². The van der Waals surface area contributed by atoms with Crippen LogP contribution in [0.25, 0.3) is 17.1 Å². The Labute approximate surface area is 127 Å². The SMILES string of the molecule is S=c1[nH]nc(-c2csc(I)c2)n1-c1ccccc1. The van der Waals surface area contributed by atoms with Crippen molar-refractivity contribution < 1.29 is 0 Å². The average Bonchev–Trinajstić information content (AvgIpc) is 2.96. The molecule has 3 nitrogen and oxygen atoms in total. The predicted molar refractivity (Wildman–Crippen MR) is 84.8 cm³/mol. The number of nitrogens with one attached hydrogen (secondary N) is 1. The molecular weight excluding hydrogens is 377 g/mol. The van der Waals surface area contributed by atoms with E-state index in [-0.39, 0.29) is 0 Å². The van der Waals surface area contributed by atoms with Crippen LogP contribution in [0.3, 0.4) is 0 Å². The number of benzene rings is 1. The van der Waals surface area contributed by atoms with E-state index in [1.807, 2.05) is 34.9 Å². The Morgan fingerprint density at radius 2 is 2.06 bits per heavy atom. The molecule has 0 aliphatic carbocycles. The molecular formula is C12H8IN3S2. The van der Waals surface area contributed by atoms with E-state index in [1.54, 1.807) is 11.3 Å². The first-order valence-electron chi connectivity index (χ1n) is 5.23. The van der Waals surface area contributed by atoms with E-state index in [0.717, 1.165) is 17.1 Å². The van der Waals surface area contributed by atoms with Gasteiger partial charge in [-0.3, -0.25) is 9.67 Å². The summed E-state index contributed by atoms with van der Waals surface area (Å²) >= 11 is 9.31. The quantitative estimate of drug-likeness (QED) is 0.528. The van der Waals surface area contributed by atoms with Gasteiger partial charge in [-0.2, -0.15) is 5.10 Å². The Hall–Kier alpha value is -0.990. The van der Waals surface area contributed by atoms with Gasteiger partial charge in [0, 0.05) is 16.6 Å². The van der Waals surface area contributed by atoms with Crippen LogP contribution in [-0.4, -0.2) is 14.8 Å². The molecule has 0 atom stereocenters. The second-order valence-corrected chi connectivity index (χ2v) is 6.85. The number of aromatic amines is 1. The second-order valence-electron chi connectivity index (χ2n) is 3.66. The van der Waals surface area contributed by atoms with Gasteiger partial charge in [-0.15, -0.1) is 11.3 Å². The zero-order chi connectivity index (χ0) is 12.5. The molecule has 2 heterocycles. The molecule has 6 heteroatoms. The zero-order valence-corrected chi connectivity index (χ0v) is 12.9. The average molecular weight is 385 g/mol. The Morgan fingerprint density at radius 3 is 2.72 bits per heavy atom. The fraction of sp³-hybridized carbons (Fsp3) is 0. The van der Waals surface area contributed by atoms with Gasteiger partial charge in [0.05, 0.1) is 2.88 Å². The fourth-order valence-corrected chi connectivity index (χ4v) is 3.30. The first kappa shape index (κ1) is 12.1. The minimum Gasteiger partial charge on any atom is -0.268 e. The summed E-state index contributed by atoms with van der Waals surface area (Å²) in [5.74, 6) is 0.852. The maximum Gasteiger partial charge on any atom is 0.200 e. The van der Waals surface area contributed by atoms with Gasteiger partial charge in [-0.1, -0.05) is 18.2 Å². The van der Waals surface area contributed by atoms with Crippen molar-refractivity contribution in [1.82, 2.24) is 14.8 Å². The highest BCUT2D eigenvalue weighted by Gasteiger charge is 2.11. The van der Waals surface area contributed by atoms with Gasteiger partial charge >= 0.3 is 0 Å². The summed E-state index contributed by atoms with van der Waals surface area (Å²) in [4.78, 5) is 0. The Balaban J connectivity index is 2.22. The topological polar surface area (TPSA) is 33.6 Å². The molecule has 0 spiro atoms. The van der Waals surface area contributed by atoms with Crippen LogP contribution in [0.15, 0.2) is 41.8 Å². The van der Waals surface area contributed by atoms with Crippen molar-refractivity contribution in [2.45, 2.75) is 0 Å². The highest BCUT2D eigenvalue weighted by Crippen LogP contribution is 2.27. The monoisotopic (exact) mass is 385 g/mol. The molecule has 0 fully saturated rings. The zero-order valence-electron chi connectivity index (χ0n) is 9.13. The Morgan fingerprint density at radius 1 is 1.28 bits per heavy atom. The summed E-state index contributed by atoms with van der Waals surface area (Å²) in [6.07, 6.45) is 0. The third-order valence-electron chi connectivity index (χ3n) is 2.51. The Kier molecular flexibility index (Phi) is 3.31. The lowest BCUT2D eigenvalue weighted by atomic mass is 10.3. The van der Waals surface area contributed by atoms with Gasteiger partial charge in [0.25, 0.3) is 0 Å². The minimum atomic E-state index is 0.609. The minimum absolute atomic E-state index is 0.609. The van der Waals surface area contributed by atoms with Crippen LogP contribution in [0.1, 0.15) is 0 Å². The van der Waals surface area contributed by atoms with Crippen molar-refractivity contribution in [3.63, 3.8) is 0 Å². The molecule has 90 valence electrons. The van der Waals surface area contributed by atoms with Crippen LogP contribution in [0.4, 0.5) is 0 Å². The molecule has 0 bridgehead atoms. The molecule has 1 N–H and O–H groups in total. The van der Waals surface area contributed by atoms with E-state index in [1.165, 1.54) is 2.88 Å². The number of H-pyrrole nitrogens is 1. The molecule has 0 radical (unpaired) electrons. The van der Waals surface area contributed by atoms with E-state index >= 15 is 0 Å². The van der Waals surface area contributed by atoms with Crippen LogP contribution in [0, 0.1) is 7.65 Å². The number of nitrogens with zero attached hydrogens (tertiary/aromatic N) is 2. The van der Waals surface area contributed by atoms with Crippen molar-refractivity contribution >= 4 is 46.1 Å². The molecule has 0 aliphatic rings. The third kappa shape index (κ3) is 2.15. The summed E-state index contributed by atoms with van der Waals surface area (Å²) in [5, 5.41) is 9.28. The first-order chi connectivity index (χ1) is 8.75. The predicted octanol–water partition coefficient (Wildman–Crippen LogP) is 4.26. The van der Waals surface area contributed by atoms with Crippen LogP contribution in [-0.2, 0) is 0 Å². The van der Waals surface area contributed by atoms with Crippen LogP contribution < -0.4 is 0 Å². The van der Waals surface area contributed by atoms with Crippen molar-refractivity contribution in [1.29, 1.82) is 0 Å². The molecule has 18 heavy (non-hydrogen) atoms. The maximum atomic E-state index is 5.31. The number of hydrogen-bond donors (Lipinski definition) is 1. The summed E-state index contributed by atoms with van der Waals surface area (Å²) in [5.41, 5.74) is 2.10. The molecule has 0 saturated carbocycles. The van der Waals surface area contributed by atoms with Crippen molar-refractivity contribution in [3.8, 4) is 17.1 Å². The Bertz CT molecular complexity index is 727. The fourth-order valence-electron chi connectivity index (χ4n) is 1.73. The number of hydrogen-bond acceptors (Lipinski definition) is 3. The number of halogens is 1. The smallest absolute Gasteiger partial charge is 0.200 e. The first-order valence-corrected chi connectivity index (χ1v) is 7.59. The molecule has 3 aromatic rings. The molecule has 1 aromatic carbocycles. The van der Waals surface area contributed by atoms with Crippen molar-refractivity contribution in [2.24, 2.45) is 0 Å². The van der Waals surface area contributed by atoms with Gasteiger partial charge in [0.2, 0.25) is 0 Å². The number of aromatic nitrogens is 3. The largest absolute Gasteiger partial charge is 0.268 e. The normalized spacial score (nSPS) is 10.7. The summed E-state index contributed by atoms with van der Waals surface area (Å²) in [6.45, 7) is 0. The van der Waals surface area contributed by atoms with E-state index in [9.17, 15) is 0 Å². The number of rotatable bonds is 2. The van der Waals surface area contributed by atoms with Gasteiger partial charge in [0.1, 0.15) is 0 Å². The standard InChI is InChI=1S/C12H8IN3S2/c13-10-6-8(7-18-10)11-14-15-12(17)16(11)9-4-2-1-3-5-9/h1-7H,(H,15,17). The van der Waals surface area contributed by atoms with Gasteiger partial charge in [-0.25, -0.2) is 0 Å². The lowest BCUT2D eigenvalue weighted by molar-refractivity contribution is 1.04. The van der Waals surface area contributed by atoms with Crippen molar-refractivity contribution in [2.75, 3.05) is 0 Å². The molecule has 0 saturated heterocycles. The lowest BCUT2D eigenvalue weighted by Crippen LogP contribution is -1.96. The molecule has 0 amide bonds. The number of para-hydroxylation sites is 1. The lowest BCUT2D eigenvalue weighted by Gasteiger charge is -2.04. The van der Waals surface area contributed by atoms with E-state index in [2.05, 4.69) is 44.2 Å². The second kappa shape index (κ2) is 4.94. The summed E-state index contributed by atoms with van der Waals surface area (Å²) < 4.78 is 3.79. The van der Waals surface area contributed by atoms with Crippen LogP contribution in [0.2, 0.25) is 0 Å². The molecule has 3 rings (SSSR count). The van der Waals surface area contributed by atoms with Gasteiger partial charge in [0.15, 0.2) is 10.6 Å². The molecule has 2 aromatic heterocycles. The van der Waals surface area contributed by atoms with Crippen molar-refractivity contribution in [3.05, 3.63) is 49.4 Å². The highest BCUT2D eigenvalue weighted by atomic mass is 127. The van der Waals surface area contributed by atoms with E-state index in [4.69, 9.17) is 12.2 Å². The summed E-state index contributed by atoms with van der Waals surface area (Å²) in [7, 11) is 0. The van der Waals surface area contributed by atoms with E-state index in [0.29, 0.717) is 4.77 Å². The maximum absolute atomic E-state index is 5.31. The third-order valence-corrected chi connectivity index (χ3v) is 4.58. The molecule has 0 unspecified atom stereocenters. The van der Waals surface area contributed by atoms with Gasteiger partial charge in [-0.05, 0) is 53.0 Å². The molecule has 0 aliphatic heterocycles. The van der Waals surface area contributed by atoms with E-state index < -0.39 is 0 Å². The highest BCUT2D eigenvalue weighted by molar-refractivity contribution is 14.1. The summed E-state index contributed by atoms with van der Waals surface area (Å²) in [6, 6.07) is 12.1. The van der Waals surface area contributed by atoms with Gasteiger partial charge < -0.3 is 0 Å². The van der Waals surface area contributed by atoms with Crippen LogP contribution in [0.5, 0.6) is 0 Å². The number of thiophene rings is 1.